The molecule has 2 rings (SSSR count). The number of carbonyl (C=O) groups is 1. The summed E-state index contributed by atoms with van der Waals surface area (Å²) in [6.07, 6.45) is 0. The maximum Gasteiger partial charge on any atom is 0.255 e. The lowest BCUT2D eigenvalue weighted by Gasteiger charge is -2.14. The highest BCUT2D eigenvalue weighted by Gasteiger charge is 2.20. The number of halogens is 1. The SMILES string of the molecule is Cc1noc(C)c1C(C)NC(=O)c1ccc(Br)cc1O. The lowest BCUT2D eigenvalue weighted by Crippen LogP contribution is -2.27. The molecule has 0 bridgehead atoms. The molecule has 0 fully saturated rings. The second kappa shape index (κ2) is 5.66. The van der Waals surface area contributed by atoms with E-state index in [0.717, 1.165) is 11.3 Å². The third-order valence-electron chi connectivity index (χ3n) is 3.07. The Hall–Kier alpha value is -1.82. The van der Waals surface area contributed by atoms with Crippen molar-refractivity contribution < 1.29 is 14.4 Å². The fraction of sp³-hybridized carbons (Fsp3) is 0.286. The van der Waals surface area contributed by atoms with Crippen LogP contribution in [0, 0.1) is 13.8 Å². The van der Waals surface area contributed by atoms with E-state index in [9.17, 15) is 9.90 Å². The van der Waals surface area contributed by atoms with E-state index in [-0.39, 0.29) is 23.3 Å². The second-order valence-corrected chi connectivity index (χ2v) is 5.51. The molecular weight excluding hydrogens is 324 g/mol. The Bertz CT molecular complexity index is 632. The van der Waals surface area contributed by atoms with Gasteiger partial charge in [-0.2, -0.15) is 0 Å². The van der Waals surface area contributed by atoms with Crippen molar-refractivity contribution in [2.24, 2.45) is 0 Å². The highest BCUT2D eigenvalue weighted by molar-refractivity contribution is 9.10. The molecule has 0 radical (unpaired) electrons. The zero-order valence-electron chi connectivity index (χ0n) is 11.4. The Morgan fingerprint density at radius 1 is 1.45 bits per heavy atom. The van der Waals surface area contributed by atoms with Crippen molar-refractivity contribution in [1.29, 1.82) is 0 Å². The fourth-order valence-corrected chi connectivity index (χ4v) is 2.50. The molecule has 1 unspecified atom stereocenters. The maximum absolute atomic E-state index is 12.2. The number of aromatic hydroxyl groups is 1. The Labute approximate surface area is 125 Å². The lowest BCUT2D eigenvalue weighted by molar-refractivity contribution is 0.0937. The van der Waals surface area contributed by atoms with Crippen LogP contribution in [0.25, 0.3) is 0 Å². The van der Waals surface area contributed by atoms with Crippen LogP contribution < -0.4 is 5.32 Å². The first-order valence-corrected chi connectivity index (χ1v) is 6.91. The average Bonchev–Trinajstić information content (AvgIpc) is 2.68. The fourth-order valence-electron chi connectivity index (χ4n) is 2.15. The molecule has 0 saturated heterocycles. The summed E-state index contributed by atoms with van der Waals surface area (Å²) in [6, 6.07) is 4.50. The number of aromatic nitrogens is 1. The van der Waals surface area contributed by atoms with Gasteiger partial charge in [0.25, 0.3) is 5.91 Å². The van der Waals surface area contributed by atoms with Crippen molar-refractivity contribution in [3.63, 3.8) is 0 Å². The second-order valence-electron chi connectivity index (χ2n) is 4.59. The molecule has 1 atom stereocenters. The zero-order valence-corrected chi connectivity index (χ0v) is 13.0. The topological polar surface area (TPSA) is 75.4 Å². The Morgan fingerprint density at radius 2 is 2.15 bits per heavy atom. The summed E-state index contributed by atoms with van der Waals surface area (Å²) in [5.41, 5.74) is 1.83. The first-order valence-electron chi connectivity index (χ1n) is 6.12. The quantitative estimate of drug-likeness (QED) is 0.900. The van der Waals surface area contributed by atoms with Crippen LogP contribution >= 0.6 is 15.9 Å². The number of hydrogen-bond acceptors (Lipinski definition) is 4. The molecule has 0 aliphatic carbocycles. The molecule has 0 aliphatic rings. The molecule has 1 aromatic carbocycles. The van der Waals surface area contributed by atoms with Crippen LogP contribution in [0.3, 0.4) is 0 Å². The molecule has 1 amide bonds. The van der Waals surface area contributed by atoms with Gasteiger partial charge in [-0.1, -0.05) is 21.1 Å². The monoisotopic (exact) mass is 338 g/mol. The maximum atomic E-state index is 12.2. The van der Waals surface area contributed by atoms with Crippen LogP contribution in [-0.4, -0.2) is 16.2 Å². The molecule has 6 heteroatoms. The minimum Gasteiger partial charge on any atom is -0.507 e. The zero-order chi connectivity index (χ0) is 14.9. The van der Waals surface area contributed by atoms with Crippen LogP contribution in [0.4, 0.5) is 0 Å². The molecule has 1 aromatic heterocycles. The molecular formula is C14H15BrN2O3. The number of carbonyl (C=O) groups excluding carboxylic acids is 1. The van der Waals surface area contributed by atoms with Gasteiger partial charge in [0, 0.05) is 10.0 Å². The van der Waals surface area contributed by atoms with E-state index in [1.807, 2.05) is 13.8 Å². The predicted octanol–water partition coefficient (Wildman–Crippen LogP) is 3.25. The van der Waals surface area contributed by atoms with Crippen LogP contribution in [0.1, 0.15) is 40.3 Å². The number of phenolic OH excluding ortho intramolecular Hbond substituents is 1. The number of nitrogens with one attached hydrogen (secondary N) is 1. The van der Waals surface area contributed by atoms with Crippen molar-refractivity contribution in [1.82, 2.24) is 10.5 Å². The van der Waals surface area contributed by atoms with E-state index in [4.69, 9.17) is 4.52 Å². The van der Waals surface area contributed by atoms with E-state index in [1.165, 1.54) is 6.07 Å². The van der Waals surface area contributed by atoms with Crippen LogP contribution in [0.2, 0.25) is 0 Å². The minimum atomic E-state index is -0.345. The van der Waals surface area contributed by atoms with Crippen LogP contribution in [0.15, 0.2) is 27.2 Å². The smallest absolute Gasteiger partial charge is 0.255 e. The molecule has 0 saturated carbocycles. The summed E-state index contributed by atoms with van der Waals surface area (Å²) < 4.78 is 5.80. The third kappa shape index (κ3) is 2.85. The van der Waals surface area contributed by atoms with Gasteiger partial charge in [0.05, 0.1) is 17.3 Å². The average molecular weight is 339 g/mol. The molecule has 2 N–H and O–H groups in total. The molecule has 1 heterocycles. The molecule has 2 aromatic rings. The summed E-state index contributed by atoms with van der Waals surface area (Å²) in [5.74, 6) is 0.265. The number of rotatable bonds is 3. The summed E-state index contributed by atoms with van der Waals surface area (Å²) in [4.78, 5) is 12.2. The van der Waals surface area contributed by atoms with Gasteiger partial charge < -0.3 is 14.9 Å². The van der Waals surface area contributed by atoms with Crippen molar-refractivity contribution >= 4 is 21.8 Å². The summed E-state index contributed by atoms with van der Waals surface area (Å²) in [7, 11) is 0. The van der Waals surface area contributed by atoms with E-state index in [2.05, 4.69) is 26.4 Å². The van der Waals surface area contributed by atoms with Gasteiger partial charge in [0.2, 0.25) is 0 Å². The number of aryl methyl sites for hydroxylation is 2. The number of benzene rings is 1. The number of hydrogen-bond donors (Lipinski definition) is 2. The highest BCUT2D eigenvalue weighted by Crippen LogP contribution is 2.25. The molecule has 0 aliphatic heterocycles. The Balaban J connectivity index is 2.19. The summed E-state index contributed by atoms with van der Waals surface area (Å²) >= 11 is 3.23. The van der Waals surface area contributed by atoms with Gasteiger partial charge in [-0.15, -0.1) is 0 Å². The van der Waals surface area contributed by atoms with Crippen molar-refractivity contribution in [3.05, 3.63) is 45.3 Å². The Kier molecular flexibility index (Phi) is 4.13. The predicted molar refractivity (Wildman–Crippen MR) is 77.7 cm³/mol. The van der Waals surface area contributed by atoms with Crippen molar-refractivity contribution in [3.8, 4) is 5.75 Å². The Morgan fingerprint density at radius 3 is 2.70 bits per heavy atom. The highest BCUT2D eigenvalue weighted by atomic mass is 79.9. The summed E-state index contributed by atoms with van der Waals surface area (Å²) in [6.45, 7) is 5.47. The first-order chi connectivity index (χ1) is 9.40. The van der Waals surface area contributed by atoms with E-state index in [1.54, 1.807) is 19.1 Å². The standard InChI is InChI=1S/C14H15BrN2O3/c1-7(13-8(2)17-20-9(13)3)16-14(19)11-5-4-10(15)6-12(11)18/h4-7,18H,1-3H3,(H,16,19). The molecule has 106 valence electrons. The van der Waals surface area contributed by atoms with Gasteiger partial charge in [0.15, 0.2) is 0 Å². The lowest BCUT2D eigenvalue weighted by atomic mass is 10.1. The van der Waals surface area contributed by atoms with Crippen molar-refractivity contribution in [2.45, 2.75) is 26.8 Å². The molecule has 20 heavy (non-hydrogen) atoms. The molecule has 0 spiro atoms. The summed E-state index contributed by atoms with van der Waals surface area (Å²) in [5, 5.41) is 16.5. The van der Waals surface area contributed by atoms with E-state index in [0.29, 0.717) is 10.2 Å². The van der Waals surface area contributed by atoms with E-state index >= 15 is 0 Å². The van der Waals surface area contributed by atoms with Crippen LogP contribution in [-0.2, 0) is 0 Å². The van der Waals surface area contributed by atoms with E-state index < -0.39 is 0 Å². The number of amides is 1. The van der Waals surface area contributed by atoms with Crippen LogP contribution in [0.5, 0.6) is 5.75 Å². The number of phenols is 1. The van der Waals surface area contributed by atoms with Gasteiger partial charge in [-0.3, -0.25) is 4.79 Å². The largest absolute Gasteiger partial charge is 0.507 e. The van der Waals surface area contributed by atoms with Gasteiger partial charge in [-0.25, -0.2) is 0 Å². The molecule has 5 nitrogen and oxygen atoms in total. The third-order valence-corrected chi connectivity index (χ3v) is 3.57. The first kappa shape index (κ1) is 14.6. The number of nitrogens with zero attached hydrogens (tertiary/aromatic N) is 1. The van der Waals surface area contributed by atoms with Gasteiger partial charge in [-0.05, 0) is 39.0 Å². The van der Waals surface area contributed by atoms with Crippen molar-refractivity contribution in [2.75, 3.05) is 0 Å². The van der Waals surface area contributed by atoms with Gasteiger partial charge in [0.1, 0.15) is 11.5 Å². The minimum absolute atomic E-state index is 0.0668. The normalized spacial score (nSPS) is 12.2. The van der Waals surface area contributed by atoms with Gasteiger partial charge >= 0.3 is 0 Å².